The molecule has 2 rings (SSSR count). The molecule has 0 aliphatic rings. The van der Waals surface area contributed by atoms with E-state index < -0.39 is 0 Å². The highest BCUT2D eigenvalue weighted by atomic mass is 16.5. The molecule has 1 aromatic carbocycles. The summed E-state index contributed by atoms with van der Waals surface area (Å²) in [5.41, 5.74) is 2.72. The summed E-state index contributed by atoms with van der Waals surface area (Å²) in [7, 11) is 1.56. The fraction of sp³-hybridized carbons (Fsp3) is 0.375. The predicted molar refractivity (Wildman–Crippen MR) is 81.6 cm³/mol. The van der Waals surface area contributed by atoms with Gasteiger partial charge in [-0.25, -0.2) is 0 Å². The summed E-state index contributed by atoms with van der Waals surface area (Å²) in [5.74, 6) is 0.481. The van der Waals surface area contributed by atoms with Gasteiger partial charge >= 0.3 is 0 Å². The lowest BCUT2D eigenvalue weighted by Crippen LogP contribution is -2.25. The molecule has 5 heteroatoms. The Kier molecular flexibility index (Phi) is 4.98. The van der Waals surface area contributed by atoms with Gasteiger partial charge in [0.25, 0.3) is 5.91 Å². The maximum atomic E-state index is 12.1. The first-order valence-corrected chi connectivity index (χ1v) is 7.04. The maximum absolute atomic E-state index is 12.1. The van der Waals surface area contributed by atoms with Crippen LogP contribution in [0.4, 0.5) is 0 Å². The number of aromatic nitrogens is 2. The van der Waals surface area contributed by atoms with Crippen LogP contribution in [0.2, 0.25) is 0 Å². The quantitative estimate of drug-likeness (QED) is 0.830. The monoisotopic (exact) mass is 287 g/mol. The van der Waals surface area contributed by atoms with Crippen molar-refractivity contribution in [2.24, 2.45) is 0 Å². The number of ether oxygens (including phenoxy) is 1. The fourth-order valence-electron chi connectivity index (χ4n) is 2.26. The molecule has 0 saturated heterocycles. The van der Waals surface area contributed by atoms with E-state index in [2.05, 4.69) is 10.4 Å². The summed E-state index contributed by atoms with van der Waals surface area (Å²) < 4.78 is 7.15. The van der Waals surface area contributed by atoms with Crippen LogP contribution in [0.15, 0.2) is 30.3 Å². The Morgan fingerprint density at radius 2 is 2.10 bits per heavy atom. The third-order valence-corrected chi connectivity index (χ3v) is 3.29. The summed E-state index contributed by atoms with van der Waals surface area (Å²) in [6.45, 7) is 5.42. The Bertz CT molecular complexity index is 620. The van der Waals surface area contributed by atoms with E-state index in [1.165, 1.54) is 0 Å². The molecule has 2 aromatic rings. The van der Waals surface area contributed by atoms with Gasteiger partial charge in [-0.3, -0.25) is 9.48 Å². The number of methoxy groups -OCH3 is 1. The largest absolute Gasteiger partial charge is 0.496 e. The number of hydrogen-bond acceptors (Lipinski definition) is 3. The van der Waals surface area contributed by atoms with E-state index in [0.717, 1.165) is 24.4 Å². The molecule has 0 atom stereocenters. The van der Waals surface area contributed by atoms with Crippen LogP contribution < -0.4 is 10.1 Å². The summed E-state index contributed by atoms with van der Waals surface area (Å²) in [5, 5.41) is 7.31. The van der Waals surface area contributed by atoms with Crippen molar-refractivity contribution in [1.29, 1.82) is 0 Å². The van der Waals surface area contributed by atoms with Crippen molar-refractivity contribution in [2.75, 3.05) is 13.7 Å². The fourth-order valence-corrected chi connectivity index (χ4v) is 2.26. The van der Waals surface area contributed by atoms with E-state index >= 15 is 0 Å². The molecule has 1 amide bonds. The Morgan fingerprint density at radius 1 is 1.33 bits per heavy atom. The predicted octanol–water partition coefficient (Wildman–Crippen LogP) is 2.33. The van der Waals surface area contributed by atoms with Gasteiger partial charge in [-0.05, 0) is 38.5 Å². The van der Waals surface area contributed by atoms with Crippen LogP contribution in [-0.4, -0.2) is 29.3 Å². The Morgan fingerprint density at radius 3 is 2.76 bits per heavy atom. The second-order valence-corrected chi connectivity index (χ2v) is 4.96. The number of carbonyl (C=O) groups excluding carboxylic acids is 1. The van der Waals surface area contributed by atoms with Gasteiger partial charge in [0.2, 0.25) is 0 Å². The minimum Gasteiger partial charge on any atom is -0.496 e. The van der Waals surface area contributed by atoms with E-state index in [0.29, 0.717) is 17.9 Å². The number of nitrogens with one attached hydrogen (secondary N) is 1. The van der Waals surface area contributed by atoms with Gasteiger partial charge in [0.05, 0.1) is 18.4 Å². The number of para-hydroxylation sites is 1. The molecule has 112 valence electrons. The first kappa shape index (κ1) is 15.1. The van der Waals surface area contributed by atoms with E-state index in [4.69, 9.17) is 4.74 Å². The summed E-state index contributed by atoms with van der Waals surface area (Å²) in [6, 6.07) is 9.26. The molecule has 0 unspecified atom stereocenters. The van der Waals surface area contributed by atoms with Crippen molar-refractivity contribution in [3.8, 4) is 5.75 Å². The van der Waals surface area contributed by atoms with Gasteiger partial charge in [0.1, 0.15) is 5.75 Å². The summed E-state index contributed by atoms with van der Waals surface area (Å²) in [4.78, 5) is 12.1. The number of nitrogens with zero attached hydrogens (tertiary/aromatic N) is 2. The van der Waals surface area contributed by atoms with Crippen LogP contribution >= 0.6 is 0 Å². The molecular formula is C16H21N3O2. The van der Waals surface area contributed by atoms with Crippen LogP contribution in [0, 0.1) is 13.8 Å². The van der Waals surface area contributed by atoms with Crippen LogP contribution in [0.1, 0.15) is 28.2 Å². The minimum absolute atomic E-state index is 0.110. The standard InChI is InChI=1S/C16H21N3O2/c1-12-11-13(2)19(18-12)10-6-9-17-16(20)14-7-4-5-8-15(14)21-3/h4-5,7-8,11H,6,9-10H2,1-3H3,(H,17,20). The number of benzene rings is 1. The van der Waals surface area contributed by atoms with Crippen LogP contribution in [0.3, 0.4) is 0 Å². The van der Waals surface area contributed by atoms with Gasteiger partial charge < -0.3 is 10.1 Å². The molecule has 1 N–H and O–H groups in total. The second-order valence-electron chi connectivity index (χ2n) is 4.96. The Balaban J connectivity index is 1.83. The smallest absolute Gasteiger partial charge is 0.255 e. The zero-order valence-corrected chi connectivity index (χ0v) is 12.7. The third kappa shape index (κ3) is 3.84. The van der Waals surface area contributed by atoms with Crippen LogP contribution in [0.5, 0.6) is 5.75 Å². The second kappa shape index (κ2) is 6.92. The Hall–Kier alpha value is -2.30. The highest BCUT2D eigenvalue weighted by Crippen LogP contribution is 2.16. The van der Waals surface area contributed by atoms with Crippen molar-refractivity contribution in [1.82, 2.24) is 15.1 Å². The molecule has 0 saturated carbocycles. The van der Waals surface area contributed by atoms with Crippen molar-refractivity contribution >= 4 is 5.91 Å². The number of amides is 1. The Labute approximate surface area is 124 Å². The zero-order chi connectivity index (χ0) is 15.2. The average Bonchev–Trinajstić information content (AvgIpc) is 2.81. The van der Waals surface area contributed by atoms with Crippen molar-refractivity contribution < 1.29 is 9.53 Å². The van der Waals surface area contributed by atoms with Crippen LogP contribution in [-0.2, 0) is 6.54 Å². The lowest BCUT2D eigenvalue weighted by molar-refractivity contribution is 0.0949. The van der Waals surface area contributed by atoms with Gasteiger partial charge in [0.15, 0.2) is 0 Å². The number of hydrogen-bond donors (Lipinski definition) is 1. The van der Waals surface area contributed by atoms with Gasteiger partial charge in [0, 0.05) is 18.8 Å². The van der Waals surface area contributed by atoms with Crippen molar-refractivity contribution in [3.63, 3.8) is 0 Å². The average molecular weight is 287 g/mol. The molecule has 0 aliphatic heterocycles. The highest BCUT2D eigenvalue weighted by Gasteiger charge is 2.10. The van der Waals surface area contributed by atoms with Gasteiger partial charge in [-0.15, -0.1) is 0 Å². The molecule has 0 fully saturated rings. The molecule has 1 heterocycles. The SMILES string of the molecule is COc1ccccc1C(=O)NCCCn1nc(C)cc1C. The first-order chi connectivity index (χ1) is 10.1. The summed E-state index contributed by atoms with van der Waals surface area (Å²) in [6.07, 6.45) is 0.836. The molecule has 5 nitrogen and oxygen atoms in total. The topological polar surface area (TPSA) is 56.1 Å². The molecular weight excluding hydrogens is 266 g/mol. The van der Waals surface area contributed by atoms with Gasteiger partial charge in [-0.2, -0.15) is 5.10 Å². The lowest BCUT2D eigenvalue weighted by atomic mass is 10.2. The molecule has 21 heavy (non-hydrogen) atoms. The van der Waals surface area contributed by atoms with E-state index in [-0.39, 0.29) is 5.91 Å². The van der Waals surface area contributed by atoms with E-state index in [9.17, 15) is 4.79 Å². The number of rotatable bonds is 6. The molecule has 0 radical (unpaired) electrons. The van der Waals surface area contributed by atoms with Crippen molar-refractivity contribution in [3.05, 3.63) is 47.3 Å². The van der Waals surface area contributed by atoms with Crippen molar-refractivity contribution in [2.45, 2.75) is 26.8 Å². The molecule has 0 spiro atoms. The summed E-state index contributed by atoms with van der Waals surface area (Å²) >= 11 is 0. The number of aryl methyl sites for hydroxylation is 3. The van der Waals surface area contributed by atoms with Gasteiger partial charge in [-0.1, -0.05) is 12.1 Å². The molecule has 0 aliphatic carbocycles. The molecule has 0 bridgehead atoms. The highest BCUT2D eigenvalue weighted by molar-refractivity contribution is 5.96. The van der Waals surface area contributed by atoms with E-state index in [1.807, 2.05) is 36.7 Å². The normalized spacial score (nSPS) is 10.4. The first-order valence-electron chi connectivity index (χ1n) is 7.04. The zero-order valence-electron chi connectivity index (χ0n) is 12.7. The lowest BCUT2D eigenvalue weighted by Gasteiger charge is -2.09. The number of carbonyl (C=O) groups is 1. The molecule has 1 aromatic heterocycles. The van der Waals surface area contributed by atoms with Crippen LogP contribution in [0.25, 0.3) is 0 Å². The third-order valence-electron chi connectivity index (χ3n) is 3.29. The minimum atomic E-state index is -0.110. The maximum Gasteiger partial charge on any atom is 0.255 e. The van der Waals surface area contributed by atoms with E-state index in [1.54, 1.807) is 19.2 Å².